The standard InChI is InChI=1S/C18H24N2O3S/c1-4-14-5-6-16(23-14)15-9-12(2)7-8-19(15)17(21)10-20-13(3)11-24-18(20)22/h5-6,11-12,15H,4,7-10H2,1-3H3. The van der Waals surface area contributed by atoms with Crippen LogP contribution in [0.25, 0.3) is 0 Å². The number of piperidine rings is 1. The Morgan fingerprint density at radius 2 is 2.21 bits per heavy atom. The second-order valence-electron chi connectivity index (χ2n) is 6.62. The zero-order valence-corrected chi connectivity index (χ0v) is 15.3. The van der Waals surface area contributed by atoms with Gasteiger partial charge < -0.3 is 9.32 Å². The molecule has 1 amide bonds. The first-order valence-electron chi connectivity index (χ1n) is 8.52. The van der Waals surface area contributed by atoms with E-state index >= 15 is 0 Å². The van der Waals surface area contributed by atoms with E-state index < -0.39 is 0 Å². The SMILES string of the molecule is CCc1ccc(C2CC(C)CCN2C(=O)Cn2c(C)csc2=O)o1. The average Bonchev–Trinajstić information content (AvgIpc) is 3.16. The molecule has 1 aliphatic rings. The van der Waals surface area contributed by atoms with Crippen molar-refractivity contribution in [2.45, 2.75) is 52.6 Å². The van der Waals surface area contributed by atoms with Gasteiger partial charge in [0.05, 0.1) is 6.04 Å². The molecule has 5 nitrogen and oxygen atoms in total. The van der Waals surface area contributed by atoms with Crippen LogP contribution in [0.2, 0.25) is 0 Å². The van der Waals surface area contributed by atoms with Crippen LogP contribution >= 0.6 is 11.3 Å². The predicted molar refractivity (Wildman–Crippen MR) is 94.3 cm³/mol. The molecule has 0 aromatic carbocycles. The Bertz CT molecular complexity index is 773. The second kappa shape index (κ2) is 6.97. The number of aromatic nitrogens is 1. The average molecular weight is 348 g/mol. The maximum atomic E-state index is 12.9. The van der Waals surface area contributed by atoms with Crippen LogP contribution in [0.4, 0.5) is 0 Å². The van der Waals surface area contributed by atoms with E-state index in [2.05, 4.69) is 13.8 Å². The molecule has 2 atom stereocenters. The smallest absolute Gasteiger partial charge is 0.307 e. The molecule has 0 aliphatic carbocycles. The van der Waals surface area contributed by atoms with Gasteiger partial charge in [-0.05, 0) is 37.8 Å². The lowest BCUT2D eigenvalue weighted by Crippen LogP contribution is -2.43. The number of likely N-dealkylation sites (tertiary alicyclic amines) is 1. The van der Waals surface area contributed by atoms with Crippen molar-refractivity contribution >= 4 is 17.2 Å². The highest BCUT2D eigenvalue weighted by atomic mass is 32.1. The molecule has 0 saturated carbocycles. The number of amides is 1. The van der Waals surface area contributed by atoms with E-state index in [4.69, 9.17) is 4.42 Å². The lowest BCUT2D eigenvalue weighted by atomic mass is 9.91. The summed E-state index contributed by atoms with van der Waals surface area (Å²) in [6.45, 7) is 6.96. The molecule has 6 heteroatoms. The van der Waals surface area contributed by atoms with Gasteiger partial charge in [-0.2, -0.15) is 0 Å². The van der Waals surface area contributed by atoms with E-state index in [1.54, 1.807) is 9.95 Å². The van der Waals surface area contributed by atoms with E-state index in [1.165, 1.54) is 0 Å². The number of hydrogen-bond donors (Lipinski definition) is 0. The monoisotopic (exact) mass is 348 g/mol. The van der Waals surface area contributed by atoms with Crippen molar-refractivity contribution in [1.82, 2.24) is 9.47 Å². The summed E-state index contributed by atoms with van der Waals surface area (Å²) in [5.41, 5.74) is 0.839. The summed E-state index contributed by atoms with van der Waals surface area (Å²) < 4.78 is 7.48. The van der Waals surface area contributed by atoms with Gasteiger partial charge in [0.15, 0.2) is 0 Å². The van der Waals surface area contributed by atoms with Crippen LogP contribution in [0.5, 0.6) is 0 Å². The summed E-state index contributed by atoms with van der Waals surface area (Å²) in [6, 6.07) is 3.95. The molecule has 2 aromatic heterocycles. The third-order valence-corrected chi connectivity index (χ3v) is 5.70. The van der Waals surface area contributed by atoms with Gasteiger partial charge in [0, 0.05) is 24.0 Å². The van der Waals surface area contributed by atoms with Crippen LogP contribution < -0.4 is 4.87 Å². The largest absolute Gasteiger partial charge is 0.464 e. The van der Waals surface area contributed by atoms with Crippen LogP contribution in [0.15, 0.2) is 26.7 Å². The summed E-state index contributed by atoms with van der Waals surface area (Å²) in [4.78, 5) is 26.6. The molecule has 0 radical (unpaired) electrons. The van der Waals surface area contributed by atoms with Gasteiger partial charge in [0.25, 0.3) is 0 Å². The van der Waals surface area contributed by atoms with Crippen molar-refractivity contribution in [2.75, 3.05) is 6.54 Å². The Balaban J connectivity index is 1.83. The topological polar surface area (TPSA) is 55.5 Å². The molecule has 2 unspecified atom stereocenters. The number of hydrogen-bond acceptors (Lipinski definition) is 4. The van der Waals surface area contributed by atoms with Crippen LogP contribution in [0.1, 0.15) is 49.9 Å². The number of thiazole rings is 1. The fourth-order valence-electron chi connectivity index (χ4n) is 3.30. The van der Waals surface area contributed by atoms with E-state index in [0.29, 0.717) is 12.5 Å². The van der Waals surface area contributed by atoms with Gasteiger partial charge in [-0.3, -0.25) is 14.2 Å². The molecule has 130 valence electrons. The molecule has 2 aromatic rings. The Morgan fingerprint density at radius 3 is 2.83 bits per heavy atom. The van der Waals surface area contributed by atoms with Crippen molar-refractivity contribution in [3.05, 3.63) is 44.4 Å². The summed E-state index contributed by atoms with van der Waals surface area (Å²) >= 11 is 1.14. The zero-order chi connectivity index (χ0) is 17.3. The Morgan fingerprint density at radius 1 is 1.42 bits per heavy atom. The molecule has 1 fully saturated rings. The van der Waals surface area contributed by atoms with Crippen molar-refractivity contribution in [1.29, 1.82) is 0 Å². The maximum absolute atomic E-state index is 12.9. The van der Waals surface area contributed by atoms with Crippen LogP contribution in [0.3, 0.4) is 0 Å². The Labute approximate surface area is 145 Å². The summed E-state index contributed by atoms with van der Waals surface area (Å²) in [7, 11) is 0. The molecule has 24 heavy (non-hydrogen) atoms. The molecule has 0 N–H and O–H groups in total. The highest BCUT2D eigenvalue weighted by molar-refractivity contribution is 7.07. The minimum atomic E-state index is -0.0750. The highest BCUT2D eigenvalue weighted by Crippen LogP contribution is 2.35. The first kappa shape index (κ1) is 17.0. The lowest BCUT2D eigenvalue weighted by Gasteiger charge is -2.37. The van der Waals surface area contributed by atoms with Gasteiger partial charge in [-0.25, -0.2) is 0 Å². The Hall–Kier alpha value is -1.82. The quantitative estimate of drug-likeness (QED) is 0.851. The first-order valence-corrected chi connectivity index (χ1v) is 9.40. The minimum Gasteiger partial charge on any atom is -0.464 e. The number of nitrogens with zero attached hydrogens (tertiary/aromatic N) is 2. The number of carbonyl (C=O) groups excluding carboxylic acids is 1. The van der Waals surface area contributed by atoms with E-state index in [1.807, 2.05) is 24.0 Å². The first-order chi connectivity index (χ1) is 11.5. The molecule has 1 saturated heterocycles. The van der Waals surface area contributed by atoms with Crippen molar-refractivity contribution in [3.63, 3.8) is 0 Å². The number of rotatable bonds is 4. The van der Waals surface area contributed by atoms with Crippen LogP contribution in [0, 0.1) is 12.8 Å². The fourth-order valence-corrected chi connectivity index (χ4v) is 4.03. The second-order valence-corrected chi connectivity index (χ2v) is 7.44. The van der Waals surface area contributed by atoms with Crippen LogP contribution in [-0.4, -0.2) is 21.9 Å². The molecule has 1 aliphatic heterocycles. The summed E-state index contributed by atoms with van der Waals surface area (Å²) in [5.74, 6) is 2.35. The third kappa shape index (κ3) is 3.34. The maximum Gasteiger partial charge on any atom is 0.307 e. The van der Waals surface area contributed by atoms with Crippen molar-refractivity contribution in [2.24, 2.45) is 5.92 Å². The summed E-state index contributed by atoms with van der Waals surface area (Å²) in [6.07, 6.45) is 2.74. The van der Waals surface area contributed by atoms with Gasteiger partial charge in [-0.1, -0.05) is 25.2 Å². The zero-order valence-electron chi connectivity index (χ0n) is 14.4. The normalized spacial score (nSPS) is 21.2. The molecule has 0 spiro atoms. The fraction of sp³-hybridized carbons (Fsp3) is 0.556. The van der Waals surface area contributed by atoms with Gasteiger partial charge in [-0.15, -0.1) is 0 Å². The van der Waals surface area contributed by atoms with Gasteiger partial charge >= 0.3 is 4.87 Å². The predicted octanol–water partition coefficient (Wildman–Crippen LogP) is 3.37. The molecule has 3 heterocycles. The van der Waals surface area contributed by atoms with Crippen molar-refractivity contribution < 1.29 is 9.21 Å². The molecular weight excluding hydrogens is 324 g/mol. The Kier molecular flexibility index (Phi) is 4.94. The third-order valence-electron chi connectivity index (χ3n) is 4.81. The van der Waals surface area contributed by atoms with E-state index in [-0.39, 0.29) is 23.4 Å². The number of furan rings is 1. The van der Waals surface area contributed by atoms with Gasteiger partial charge in [0.1, 0.15) is 18.1 Å². The van der Waals surface area contributed by atoms with Crippen molar-refractivity contribution in [3.8, 4) is 0 Å². The number of aryl methyl sites for hydroxylation is 2. The van der Waals surface area contributed by atoms with E-state index in [9.17, 15) is 9.59 Å². The molecule has 3 rings (SSSR count). The summed E-state index contributed by atoms with van der Waals surface area (Å²) in [5, 5.41) is 1.80. The molecular formula is C18H24N2O3S. The van der Waals surface area contributed by atoms with Crippen LogP contribution in [-0.2, 0) is 17.8 Å². The molecule has 0 bridgehead atoms. The highest BCUT2D eigenvalue weighted by Gasteiger charge is 2.33. The minimum absolute atomic E-state index is 0.00931. The van der Waals surface area contributed by atoms with E-state index in [0.717, 1.165) is 47.8 Å². The number of carbonyl (C=O) groups is 1. The lowest BCUT2D eigenvalue weighted by molar-refractivity contribution is -0.137. The van der Waals surface area contributed by atoms with Gasteiger partial charge in [0.2, 0.25) is 5.91 Å².